The summed E-state index contributed by atoms with van der Waals surface area (Å²) in [5.74, 6) is -0.805. The molecule has 3 rings (SSSR count). The highest BCUT2D eigenvalue weighted by molar-refractivity contribution is 5.97. The van der Waals surface area contributed by atoms with E-state index in [-0.39, 0.29) is 29.6 Å². The first kappa shape index (κ1) is 32.6. The molecule has 3 N–H and O–H groups in total. The number of piperidine rings is 1. The molecule has 2 aromatic carbocycles. The number of amides is 4. The highest BCUT2D eigenvalue weighted by Gasteiger charge is 2.34. The average molecular weight is 579 g/mol. The quantitative estimate of drug-likeness (QED) is 0.373. The lowest BCUT2D eigenvalue weighted by Crippen LogP contribution is -2.53. The van der Waals surface area contributed by atoms with E-state index in [4.69, 9.17) is 4.74 Å². The molecular weight excluding hydrogens is 532 g/mol. The van der Waals surface area contributed by atoms with Crippen LogP contribution in [0.15, 0.2) is 54.6 Å². The fraction of sp³-hybridized carbons (Fsp3) is 0.515. The number of nitrogens with one attached hydrogen (secondary N) is 3. The maximum atomic E-state index is 13.4. The number of alkyl carbamates (subject to hydrolysis) is 1. The lowest BCUT2D eigenvalue weighted by Gasteiger charge is -2.35. The van der Waals surface area contributed by atoms with Gasteiger partial charge in [-0.05, 0) is 70.6 Å². The molecule has 9 heteroatoms. The summed E-state index contributed by atoms with van der Waals surface area (Å²) in [7, 11) is 0. The molecule has 0 aromatic heterocycles. The maximum absolute atomic E-state index is 13.4. The first-order valence-corrected chi connectivity index (χ1v) is 14.8. The minimum Gasteiger partial charge on any atom is -0.444 e. The van der Waals surface area contributed by atoms with Crippen LogP contribution in [0.25, 0.3) is 0 Å². The van der Waals surface area contributed by atoms with Gasteiger partial charge >= 0.3 is 6.09 Å². The molecule has 1 heterocycles. The van der Waals surface area contributed by atoms with Crippen molar-refractivity contribution in [2.24, 2.45) is 11.8 Å². The first-order chi connectivity index (χ1) is 19.8. The molecule has 42 heavy (non-hydrogen) atoms. The van der Waals surface area contributed by atoms with Gasteiger partial charge in [0, 0.05) is 31.1 Å². The van der Waals surface area contributed by atoms with Crippen molar-refractivity contribution in [2.45, 2.75) is 84.9 Å². The number of hydrogen-bond donors (Lipinski definition) is 3. The number of hydrogen-bond acceptors (Lipinski definition) is 5. The summed E-state index contributed by atoms with van der Waals surface area (Å²) < 4.78 is 5.37. The van der Waals surface area contributed by atoms with Crippen molar-refractivity contribution < 1.29 is 23.9 Å². The topological polar surface area (TPSA) is 117 Å². The molecule has 1 aliphatic heterocycles. The molecule has 1 aliphatic rings. The Hall–Kier alpha value is -3.88. The lowest BCUT2D eigenvalue weighted by atomic mass is 9.93. The Morgan fingerprint density at radius 3 is 2.10 bits per heavy atom. The molecule has 1 saturated heterocycles. The average Bonchev–Trinajstić information content (AvgIpc) is 2.92. The van der Waals surface area contributed by atoms with Crippen LogP contribution >= 0.6 is 0 Å². The third kappa shape index (κ3) is 10.5. The highest BCUT2D eigenvalue weighted by atomic mass is 16.6. The zero-order valence-electron chi connectivity index (χ0n) is 25.7. The molecule has 0 radical (unpaired) electrons. The number of carbonyl (C=O) groups excluding carboxylic acids is 4. The predicted molar refractivity (Wildman–Crippen MR) is 164 cm³/mol. The number of rotatable bonds is 10. The van der Waals surface area contributed by atoms with E-state index < -0.39 is 23.8 Å². The van der Waals surface area contributed by atoms with Crippen molar-refractivity contribution in [3.05, 3.63) is 65.7 Å². The zero-order chi connectivity index (χ0) is 30.9. The van der Waals surface area contributed by atoms with E-state index in [2.05, 4.69) is 16.0 Å². The summed E-state index contributed by atoms with van der Waals surface area (Å²) >= 11 is 0. The molecule has 0 unspecified atom stereocenters. The molecule has 2 atom stereocenters. The van der Waals surface area contributed by atoms with Crippen molar-refractivity contribution in [1.82, 2.24) is 15.5 Å². The van der Waals surface area contributed by atoms with Gasteiger partial charge in [0.1, 0.15) is 17.7 Å². The van der Waals surface area contributed by atoms with Gasteiger partial charge in [0.25, 0.3) is 0 Å². The number of benzene rings is 2. The number of ether oxygens (including phenoxy) is 1. The van der Waals surface area contributed by atoms with Gasteiger partial charge in [-0.2, -0.15) is 0 Å². The van der Waals surface area contributed by atoms with Crippen molar-refractivity contribution >= 4 is 29.5 Å². The summed E-state index contributed by atoms with van der Waals surface area (Å²) in [5, 5.41) is 8.65. The number of anilines is 1. The minimum absolute atomic E-state index is 0.173. The van der Waals surface area contributed by atoms with Crippen molar-refractivity contribution in [2.75, 3.05) is 18.4 Å². The van der Waals surface area contributed by atoms with Crippen molar-refractivity contribution in [3.63, 3.8) is 0 Å². The molecule has 1 fully saturated rings. The van der Waals surface area contributed by atoms with Gasteiger partial charge in [-0.15, -0.1) is 0 Å². The SMILES string of the molecule is Cc1ccc(NC(=O)[C@H](Cc2ccccc2)NC(=O)C2CCN(C(=O)[C@H](CC(C)C)NC(=O)OC(C)(C)C)CC2)cc1. The zero-order valence-corrected chi connectivity index (χ0v) is 25.7. The molecule has 0 bridgehead atoms. The van der Waals surface area contributed by atoms with Gasteiger partial charge in [-0.3, -0.25) is 14.4 Å². The molecular formula is C33H46N4O5. The summed E-state index contributed by atoms with van der Waals surface area (Å²) in [4.78, 5) is 54.1. The summed E-state index contributed by atoms with van der Waals surface area (Å²) in [5.41, 5.74) is 2.02. The van der Waals surface area contributed by atoms with E-state index in [0.29, 0.717) is 44.5 Å². The summed E-state index contributed by atoms with van der Waals surface area (Å²) in [6, 6.07) is 15.6. The summed E-state index contributed by atoms with van der Waals surface area (Å²) in [6.45, 7) is 12.1. The van der Waals surface area contributed by atoms with E-state index in [1.807, 2.05) is 75.4 Å². The number of nitrogens with zero attached hydrogens (tertiary/aromatic N) is 1. The van der Waals surface area contributed by atoms with Gasteiger partial charge in [-0.25, -0.2) is 4.79 Å². The second-order valence-corrected chi connectivity index (χ2v) is 12.5. The van der Waals surface area contributed by atoms with Gasteiger partial charge in [0.05, 0.1) is 0 Å². The Kier molecular flexibility index (Phi) is 11.5. The molecule has 4 amide bonds. The van der Waals surface area contributed by atoms with E-state index in [1.54, 1.807) is 25.7 Å². The van der Waals surface area contributed by atoms with Crippen LogP contribution in [-0.2, 0) is 25.5 Å². The van der Waals surface area contributed by atoms with Crippen LogP contribution in [-0.4, -0.2) is 59.5 Å². The molecule has 0 aliphatic carbocycles. The number of aryl methyl sites for hydroxylation is 1. The van der Waals surface area contributed by atoms with Crippen LogP contribution in [0.5, 0.6) is 0 Å². The van der Waals surface area contributed by atoms with E-state index in [1.165, 1.54) is 0 Å². The standard InChI is InChI=1S/C33H46N4O5/c1-22(2)20-28(36-32(41)42-33(4,5)6)31(40)37-18-16-25(17-19-37)29(38)35-27(21-24-10-8-7-9-11-24)30(39)34-26-14-12-23(3)13-15-26/h7-15,22,25,27-28H,16-21H2,1-6H3,(H,34,39)(H,35,38)(H,36,41)/t27-,28-/m0/s1. The maximum Gasteiger partial charge on any atom is 0.408 e. The Balaban J connectivity index is 1.62. The van der Waals surface area contributed by atoms with Crippen LogP contribution in [0.3, 0.4) is 0 Å². The molecule has 0 spiro atoms. The summed E-state index contributed by atoms with van der Waals surface area (Å²) in [6.07, 6.45) is 1.15. The first-order valence-electron chi connectivity index (χ1n) is 14.8. The van der Waals surface area contributed by atoms with Gasteiger partial charge in [0.2, 0.25) is 17.7 Å². The second kappa shape index (κ2) is 14.8. The Morgan fingerprint density at radius 1 is 0.905 bits per heavy atom. The van der Waals surface area contributed by atoms with Crippen molar-refractivity contribution in [3.8, 4) is 0 Å². The van der Waals surface area contributed by atoms with E-state index >= 15 is 0 Å². The van der Waals surface area contributed by atoms with Gasteiger partial charge < -0.3 is 25.6 Å². The molecule has 228 valence electrons. The smallest absolute Gasteiger partial charge is 0.408 e. The van der Waals surface area contributed by atoms with Gasteiger partial charge in [0.15, 0.2) is 0 Å². The van der Waals surface area contributed by atoms with Crippen LogP contribution in [0.4, 0.5) is 10.5 Å². The predicted octanol–water partition coefficient (Wildman–Crippen LogP) is 4.84. The minimum atomic E-state index is -0.755. The van der Waals surface area contributed by atoms with E-state index in [0.717, 1.165) is 11.1 Å². The van der Waals surface area contributed by atoms with Crippen LogP contribution in [0, 0.1) is 18.8 Å². The Labute approximate surface area is 249 Å². The largest absolute Gasteiger partial charge is 0.444 e. The lowest BCUT2D eigenvalue weighted by molar-refractivity contribution is -0.138. The number of likely N-dealkylation sites (tertiary alicyclic amines) is 1. The van der Waals surface area contributed by atoms with Crippen LogP contribution in [0.2, 0.25) is 0 Å². The molecule has 2 aromatic rings. The van der Waals surface area contributed by atoms with Gasteiger partial charge in [-0.1, -0.05) is 61.9 Å². The highest BCUT2D eigenvalue weighted by Crippen LogP contribution is 2.21. The fourth-order valence-electron chi connectivity index (χ4n) is 4.94. The monoisotopic (exact) mass is 578 g/mol. The normalized spacial score (nSPS) is 15.5. The fourth-order valence-corrected chi connectivity index (χ4v) is 4.94. The molecule has 0 saturated carbocycles. The Morgan fingerprint density at radius 2 is 1.52 bits per heavy atom. The second-order valence-electron chi connectivity index (χ2n) is 12.5. The third-order valence-corrected chi connectivity index (χ3v) is 7.11. The third-order valence-electron chi connectivity index (χ3n) is 7.11. The molecule has 9 nitrogen and oxygen atoms in total. The van der Waals surface area contributed by atoms with Crippen LogP contribution in [0.1, 0.15) is 65.0 Å². The van der Waals surface area contributed by atoms with E-state index in [9.17, 15) is 19.2 Å². The van der Waals surface area contributed by atoms with Crippen molar-refractivity contribution in [1.29, 1.82) is 0 Å². The Bertz CT molecular complexity index is 1200. The van der Waals surface area contributed by atoms with Crippen LogP contribution < -0.4 is 16.0 Å². The number of carbonyl (C=O) groups is 4.